The molecule has 3 aromatic carbocycles. The lowest BCUT2D eigenvalue weighted by atomic mass is 9.89. The Balaban J connectivity index is 1.74. The minimum atomic E-state index is -0.300. The number of hydrogen-bond donors (Lipinski definition) is 1. The van der Waals surface area contributed by atoms with Gasteiger partial charge >= 0.3 is 5.97 Å². The molecule has 0 aliphatic carbocycles. The molecule has 0 atom stereocenters. The molecule has 0 aliphatic heterocycles. The molecule has 0 aliphatic rings. The summed E-state index contributed by atoms with van der Waals surface area (Å²) in [5.74, 6) is 1.79. The predicted molar refractivity (Wildman–Crippen MR) is 146 cm³/mol. The van der Waals surface area contributed by atoms with Crippen molar-refractivity contribution >= 4 is 16.9 Å². The summed E-state index contributed by atoms with van der Waals surface area (Å²) < 4.78 is 23.3. The van der Waals surface area contributed by atoms with Crippen molar-refractivity contribution in [3.05, 3.63) is 83.1 Å². The summed E-state index contributed by atoms with van der Waals surface area (Å²) in [4.78, 5) is 12.2. The van der Waals surface area contributed by atoms with Crippen molar-refractivity contribution in [1.82, 2.24) is 0 Å². The third-order valence-electron chi connectivity index (χ3n) is 6.25. The van der Waals surface area contributed by atoms with Crippen molar-refractivity contribution in [1.29, 1.82) is 0 Å². The first-order valence-electron chi connectivity index (χ1n) is 12.5. The lowest BCUT2D eigenvalue weighted by molar-refractivity contribution is -0.142. The summed E-state index contributed by atoms with van der Waals surface area (Å²) in [6, 6.07) is 19.9. The maximum atomic E-state index is 12.2. The molecule has 6 heteroatoms. The van der Waals surface area contributed by atoms with Gasteiger partial charge in [-0.05, 0) is 47.9 Å². The summed E-state index contributed by atoms with van der Waals surface area (Å²) >= 11 is 0. The standard InChI is InChI=1S/C31H35NO5/c1-6-35-29(33)16-23-10-12-24(34-5)17-28(23)36-19-26-25-15-22(21-9-7-8-20(14-21)18-32)11-13-27(25)37-30(26)31(2,3)4/h7-15,17H,6,16,18-19,32H2,1-5H3. The Morgan fingerprint density at radius 1 is 1.00 bits per heavy atom. The van der Waals surface area contributed by atoms with Crippen LogP contribution in [-0.4, -0.2) is 19.7 Å². The molecule has 37 heavy (non-hydrogen) atoms. The Bertz CT molecular complexity index is 1400. The zero-order chi connectivity index (χ0) is 26.6. The van der Waals surface area contributed by atoms with Gasteiger partial charge in [0, 0.05) is 34.5 Å². The van der Waals surface area contributed by atoms with Gasteiger partial charge in [-0.15, -0.1) is 0 Å². The summed E-state index contributed by atoms with van der Waals surface area (Å²) in [6.45, 7) is 9.25. The van der Waals surface area contributed by atoms with E-state index in [1.54, 1.807) is 20.1 Å². The average Bonchev–Trinajstić information content (AvgIpc) is 3.26. The van der Waals surface area contributed by atoms with E-state index in [1.807, 2.05) is 30.3 Å². The van der Waals surface area contributed by atoms with Gasteiger partial charge in [0.15, 0.2) is 0 Å². The first-order valence-corrected chi connectivity index (χ1v) is 12.5. The summed E-state index contributed by atoms with van der Waals surface area (Å²) in [7, 11) is 1.60. The maximum absolute atomic E-state index is 12.2. The van der Waals surface area contributed by atoms with Gasteiger partial charge in [0.05, 0.1) is 20.1 Å². The number of benzene rings is 3. The maximum Gasteiger partial charge on any atom is 0.310 e. The van der Waals surface area contributed by atoms with E-state index in [0.29, 0.717) is 24.7 Å². The van der Waals surface area contributed by atoms with Crippen LogP contribution in [0, 0.1) is 0 Å². The van der Waals surface area contributed by atoms with E-state index in [9.17, 15) is 4.79 Å². The lowest BCUT2D eigenvalue weighted by Gasteiger charge is -2.18. The lowest BCUT2D eigenvalue weighted by Crippen LogP contribution is -2.14. The van der Waals surface area contributed by atoms with Crippen LogP contribution in [0.3, 0.4) is 0 Å². The number of hydrogen-bond acceptors (Lipinski definition) is 6. The number of esters is 1. The molecule has 0 saturated heterocycles. The zero-order valence-electron chi connectivity index (χ0n) is 22.2. The minimum Gasteiger partial charge on any atom is -0.497 e. The molecule has 4 rings (SSSR count). The monoisotopic (exact) mass is 501 g/mol. The van der Waals surface area contributed by atoms with E-state index in [2.05, 4.69) is 45.0 Å². The molecule has 1 aromatic heterocycles. The molecule has 0 spiro atoms. The van der Waals surface area contributed by atoms with Crippen LogP contribution in [0.1, 0.15) is 50.1 Å². The average molecular weight is 502 g/mol. The molecule has 0 saturated carbocycles. The predicted octanol–water partition coefficient (Wildman–Crippen LogP) is 6.55. The van der Waals surface area contributed by atoms with Crippen LogP contribution in [0.25, 0.3) is 22.1 Å². The topological polar surface area (TPSA) is 83.9 Å². The fraction of sp³-hybridized carbons (Fsp3) is 0.323. The van der Waals surface area contributed by atoms with Crippen molar-refractivity contribution in [3.8, 4) is 22.6 Å². The van der Waals surface area contributed by atoms with E-state index in [0.717, 1.165) is 44.5 Å². The molecule has 0 fully saturated rings. The highest BCUT2D eigenvalue weighted by atomic mass is 16.5. The van der Waals surface area contributed by atoms with Gasteiger partial charge < -0.3 is 24.4 Å². The third-order valence-corrected chi connectivity index (χ3v) is 6.25. The van der Waals surface area contributed by atoms with E-state index < -0.39 is 0 Å². The number of nitrogens with two attached hydrogens (primary N) is 1. The van der Waals surface area contributed by atoms with Gasteiger partial charge in [-0.2, -0.15) is 0 Å². The smallest absolute Gasteiger partial charge is 0.310 e. The van der Waals surface area contributed by atoms with Crippen molar-refractivity contribution in [2.45, 2.75) is 52.7 Å². The number of carbonyl (C=O) groups excluding carboxylic acids is 1. The number of ether oxygens (including phenoxy) is 3. The SMILES string of the molecule is CCOC(=O)Cc1ccc(OC)cc1OCc1c(C(C)(C)C)oc2ccc(-c3cccc(CN)c3)cc12. The summed E-state index contributed by atoms with van der Waals surface area (Å²) in [5.41, 5.74) is 11.4. The van der Waals surface area contributed by atoms with E-state index in [-0.39, 0.29) is 24.4 Å². The molecule has 4 aromatic rings. The number of methoxy groups -OCH3 is 1. The summed E-state index contributed by atoms with van der Waals surface area (Å²) in [6.07, 6.45) is 0.118. The molecule has 0 unspecified atom stereocenters. The van der Waals surface area contributed by atoms with Gasteiger partial charge in [0.25, 0.3) is 0 Å². The summed E-state index contributed by atoms with van der Waals surface area (Å²) in [5, 5.41) is 0.996. The Kier molecular flexibility index (Phi) is 7.89. The fourth-order valence-electron chi connectivity index (χ4n) is 4.41. The molecular formula is C31H35NO5. The van der Waals surface area contributed by atoms with Crippen LogP contribution in [0.4, 0.5) is 0 Å². The number of fused-ring (bicyclic) bond motifs is 1. The number of furan rings is 1. The number of rotatable bonds is 9. The number of carbonyl (C=O) groups is 1. The first kappa shape index (κ1) is 26.3. The third kappa shape index (κ3) is 5.97. The van der Waals surface area contributed by atoms with Crippen LogP contribution in [0.15, 0.2) is 65.1 Å². The largest absolute Gasteiger partial charge is 0.497 e. The molecule has 0 radical (unpaired) electrons. The van der Waals surface area contributed by atoms with Crippen molar-refractivity contribution in [2.75, 3.05) is 13.7 Å². The first-order chi connectivity index (χ1) is 17.7. The van der Waals surface area contributed by atoms with E-state index in [1.165, 1.54) is 0 Å². The Labute approximate surface area is 218 Å². The molecule has 1 heterocycles. The van der Waals surface area contributed by atoms with Crippen molar-refractivity contribution in [2.24, 2.45) is 5.73 Å². The van der Waals surface area contributed by atoms with E-state index in [4.69, 9.17) is 24.4 Å². The Morgan fingerprint density at radius 2 is 1.78 bits per heavy atom. The zero-order valence-corrected chi connectivity index (χ0v) is 22.2. The molecule has 6 nitrogen and oxygen atoms in total. The van der Waals surface area contributed by atoms with Crippen LogP contribution in [-0.2, 0) is 34.5 Å². The van der Waals surface area contributed by atoms with Gasteiger partial charge in [-0.25, -0.2) is 0 Å². The Hall–Kier alpha value is -3.77. The van der Waals surface area contributed by atoms with Crippen LogP contribution in [0.2, 0.25) is 0 Å². The highest BCUT2D eigenvalue weighted by molar-refractivity contribution is 5.87. The molecule has 194 valence electrons. The normalized spacial score (nSPS) is 11.5. The van der Waals surface area contributed by atoms with Gasteiger partial charge in [0.2, 0.25) is 0 Å². The molecule has 2 N–H and O–H groups in total. The fourth-order valence-corrected chi connectivity index (χ4v) is 4.41. The Morgan fingerprint density at radius 3 is 2.49 bits per heavy atom. The molecule has 0 amide bonds. The second-order valence-electron chi connectivity index (χ2n) is 10.0. The van der Waals surface area contributed by atoms with Crippen molar-refractivity contribution < 1.29 is 23.4 Å². The second kappa shape index (κ2) is 11.1. The van der Waals surface area contributed by atoms with Gasteiger partial charge in [-0.3, -0.25) is 4.79 Å². The van der Waals surface area contributed by atoms with Crippen LogP contribution < -0.4 is 15.2 Å². The highest BCUT2D eigenvalue weighted by Gasteiger charge is 2.26. The van der Waals surface area contributed by atoms with Crippen LogP contribution >= 0.6 is 0 Å². The minimum absolute atomic E-state index is 0.118. The van der Waals surface area contributed by atoms with Crippen molar-refractivity contribution in [3.63, 3.8) is 0 Å². The second-order valence-corrected chi connectivity index (χ2v) is 10.0. The quantitative estimate of drug-likeness (QED) is 0.262. The molecule has 0 bridgehead atoms. The molecular weight excluding hydrogens is 466 g/mol. The van der Waals surface area contributed by atoms with Gasteiger partial charge in [-0.1, -0.05) is 51.1 Å². The van der Waals surface area contributed by atoms with E-state index >= 15 is 0 Å². The van der Waals surface area contributed by atoms with Crippen LogP contribution in [0.5, 0.6) is 11.5 Å². The van der Waals surface area contributed by atoms with Gasteiger partial charge in [0.1, 0.15) is 29.4 Å². The highest BCUT2D eigenvalue weighted by Crippen LogP contribution is 2.38.